The largest absolute Gasteiger partial charge is 0.480 e. The second-order valence-corrected chi connectivity index (χ2v) is 2.92. The Hall–Kier alpha value is -0.400. The number of carboxylic acid groups (broad SMARTS) is 1. The van der Waals surface area contributed by atoms with Crippen LogP contribution in [0.3, 0.4) is 0 Å². The Labute approximate surface area is 78.3 Å². The van der Waals surface area contributed by atoms with Crippen molar-refractivity contribution in [3.8, 4) is 0 Å². The molecule has 1 atom stereocenters. The number of hydrogen-bond acceptors (Lipinski definition) is 5. The van der Waals surface area contributed by atoms with Crippen molar-refractivity contribution in [3.05, 3.63) is 0 Å². The van der Waals surface area contributed by atoms with E-state index in [2.05, 4.69) is 0 Å². The van der Waals surface area contributed by atoms with Crippen LogP contribution in [-0.2, 0) is 16.4 Å². The molecule has 0 aliphatic carbocycles. The summed E-state index contributed by atoms with van der Waals surface area (Å²) in [5.41, 5.74) is 5.19. The lowest BCUT2D eigenvalue weighted by atomic mass is 10.2. The smallest absolute Gasteiger partial charge is 0.335 e. The molecule has 0 spiro atoms. The van der Waals surface area contributed by atoms with Gasteiger partial charge < -0.3 is 10.8 Å². The molecular weight excluding hydrogens is 202 g/mol. The van der Waals surface area contributed by atoms with Crippen molar-refractivity contribution in [1.82, 2.24) is 0 Å². The number of nitrogens with two attached hydrogens (primary N) is 1. The van der Waals surface area contributed by atoms with E-state index in [1.54, 1.807) is 11.8 Å². The maximum absolute atomic E-state index is 10.1. The molecule has 0 bridgehead atoms. The van der Waals surface area contributed by atoms with Gasteiger partial charge in [-0.3, -0.25) is 4.79 Å². The number of hydrogen-bond donors (Lipinski definition) is 2. The van der Waals surface area contributed by atoms with Gasteiger partial charge in [-0.2, -0.15) is 20.2 Å². The van der Waals surface area contributed by atoms with Gasteiger partial charge in [0.15, 0.2) is 0 Å². The summed E-state index contributed by atoms with van der Waals surface area (Å²) in [6.45, 7) is 0. The summed E-state index contributed by atoms with van der Waals surface area (Å²) >= 11 is 0.854. The first kappa shape index (κ1) is 14.1. The molecule has 0 saturated carbocycles. The number of carboxylic acids is 1. The minimum absolute atomic E-state index is 0.552. The molecule has 0 heterocycles. The van der Waals surface area contributed by atoms with Gasteiger partial charge in [0.1, 0.15) is 6.04 Å². The zero-order valence-corrected chi connectivity index (χ0v) is 8.19. The molecule has 0 saturated heterocycles. The Morgan fingerprint density at radius 2 is 2.00 bits per heavy atom. The molecule has 0 aromatic heterocycles. The van der Waals surface area contributed by atoms with Crippen LogP contribution in [-0.4, -0.2) is 37.5 Å². The molecule has 5 nitrogen and oxygen atoms in total. The molecule has 12 heavy (non-hydrogen) atoms. The molecule has 72 valence electrons. The fourth-order valence-corrected chi connectivity index (χ4v) is 0.858. The van der Waals surface area contributed by atoms with Gasteiger partial charge in [-0.1, -0.05) is 0 Å². The highest BCUT2D eigenvalue weighted by atomic mass is 32.2. The van der Waals surface area contributed by atoms with E-state index in [0.29, 0.717) is 6.42 Å². The van der Waals surface area contributed by atoms with Crippen molar-refractivity contribution < 1.29 is 18.3 Å². The van der Waals surface area contributed by atoms with E-state index >= 15 is 0 Å². The highest BCUT2D eigenvalue weighted by Gasteiger charge is 2.08. The zero-order chi connectivity index (χ0) is 9.98. The lowest BCUT2D eigenvalue weighted by Gasteiger charge is -2.02. The standard InChI is InChI=1S/C5H11NO2S.O2S/c1-9-3-2-4(6)5(7)8;1-3-2/h4H,2-3,6H2,1H3,(H,7,8);. The van der Waals surface area contributed by atoms with Crippen molar-refractivity contribution in [1.29, 1.82) is 0 Å². The predicted octanol–water partition coefficient (Wildman–Crippen LogP) is -0.519. The van der Waals surface area contributed by atoms with Crippen molar-refractivity contribution in [2.45, 2.75) is 12.5 Å². The Balaban J connectivity index is 0. The average molecular weight is 213 g/mol. The van der Waals surface area contributed by atoms with E-state index in [1.165, 1.54) is 0 Å². The Bertz CT molecular complexity index is 158. The molecule has 1 unspecified atom stereocenters. The normalized spacial score (nSPS) is 10.8. The third-order valence-electron chi connectivity index (χ3n) is 0.950. The molecule has 0 amide bonds. The van der Waals surface area contributed by atoms with Gasteiger partial charge >= 0.3 is 17.5 Å². The van der Waals surface area contributed by atoms with Gasteiger partial charge in [-0.25, -0.2) is 0 Å². The van der Waals surface area contributed by atoms with Crippen LogP contribution in [0.15, 0.2) is 0 Å². The molecular formula is C5H11NO4S2. The van der Waals surface area contributed by atoms with Crippen LogP contribution in [0, 0.1) is 0 Å². The van der Waals surface area contributed by atoms with Gasteiger partial charge in [-0.05, 0) is 18.4 Å². The number of thioether (sulfide) groups is 1. The molecule has 0 aliphatic rings. The molecule has 0 radical (unpaired) electrons. The highest BCUT2D eigenvalue weighted by molar-refractivity contribution is 7.98. The van der Waals surface area contributed by atoms with Gasteiger partial charge in [0, 0.05) is 0 Å². The fraction of sp³-hybridized carbons (Fsp3) is 0.800. The second kappa shape index (κ2) is 10.6. The third-order valence-corrected chi connectivity index (χ3v) is 1.59. The van der Waals surface area contributed by atoms with Crippen LogP contribution in [0.5, 0.6) is 0 Å². The maximum atomic E-state index is 10.1. The van der Waals surface area contributed by atoms with Crippen molar-refractivity contribution in [2.75, 3.05) is 12.0 Å². The van der Waals surface area contributed by atoms with Crippen LogP contribution < -0.4 is 5.73 Å². The Morgan fingerprint density at radius 3 is 2.25 bits per heavy atom. The molecule has 0 aliphatic heterocycles. The van der Waals surface area contributed by atoms with Gasteiger partial charge in [0.2, 0.25) is 0 Å². The Morgan fingerprint density at radius 1 is 1.58 bits per heavy atom. The molecule has 0 rings (SSSR count). The first-order chi connectivity index (χ1) is 5.59. The summed E-state index contributed by atoms with van der Waals surface area (Å²) in [6, 6.07) is -0.683. The van der Waals surface area contributed by atoms with Crippen molar-refractivity contribution in [3.63, 3.8) is 0 Å². The van der Waals surface area contributed by atoms with Crippen LogP contribution in [0.1, 0.15) is 6.42 Å². The summed E-state index contributed by atoms with van der Waals surface area (Å²) in [5.74, 6) is -0.1000. The lowest BCUT2D eigenvalue weighted by Crippen LogP contribution is -2.30. The summed E-state index contributed by atoms with van der Waals surface area (Å²) < 4.78 is 16.6. The number of rotatable bonds is 4. The Kier molecular flexibility index (Phi) is 12.5. The maximum Gasteiger partial charge on any atom is 0.335 e. The van der Waals surface area contributed by atoms with E-state index in [-0.39, 0.29) is 0 Å². The van der Waals surface area contributed by atoms with E-state index in [9.17, 15) is 4.79 Å². The first-order valence-electron chi connectivity index (χ1n) is 2.99. The minimum atomic E-state index is -0.913. The van der Waals surface area contributed by atoms with E-state index < -0.39 is 23.6 Å². The summed E-state index contributed by atoms with van der Waals surface area (Å²) in [6.07, 6.45) is 2.48. The second-order valence-electron chi connectivity index (χ2n) is 1.79. The predicted molar refractivity (Wildman–Crippen MR) is 47.5 cm³/mol. The highest BCUT2D eigenvalue weighted by Crippen LogP contribution is 1.97. The third kappa shape index (κ3) is 12.3. The quantitative estimate of drug-likeness (QED) is 0.652. The molecule has 7 heteroatoms. The fourth-order valence-electron chi connectivity index (χ4n) is 0.368. The summed E-state index contributed by atoms with van der Waals surface area (Å²) in [7, 11) is 0. The topological polar surface area (TPSA) is 97.5 Å². The van der Waals surface area contributed by atoms with E-state index in [0.717, 1.165) is 5.75 Å². The van der Waals surface area contributed by atoms with Crippen LogP contribution in [0.25, 0.3) is 0 Å². The summed E-state index contributed by atoms with van der Waals surface area (Å²) in [4.78, 5) is 10.1. The summed E-state index contributed by atoms with van der Waals surface area (Å²) in [5, 5.41) is 8.27. The first-order valence-corrected chi connectivity index (χ1v) is 5.05. The zero-order valence-electron chi connectivity index (χ0n) is 6.56. The van der Waals surface area contributed by atoms with Crippen LogP contribution >= 0.6 is 11.8 Å². The molecule has 0 aromatic rings. The SMILES string of the molecule is CSCCC(N)C(=O)O.O=S=O. The monoisotopic (exact) mass is 213 g/mol. The minimum Gasteiger partial charge on any atom is -0.480 e. The average Bonchev–Trinajstić information content (AvgIpc) is 2.01. The van der Waals surface area contributed by atoms with E-state index in [1.807, 2.05) is 6.26 Å². The molecule has 0 aromatic carbocycles. The van der Waals surface area contributed by atoms with Crippen LogP contribution in [0.4, 0.5) is 0 Å². The molecule has 3 N–H and O–H groups in total. The van der Waals surface area contributed by atoms with Crippen molar-refractivity contribution in [2.24, 2.45) is 5.73 Å². The van der Waals surface area contributed by atoms with E-state index in [4.69, 9.17) is 19.3 Å². The van der Waals surface area contributed by atoms with Gasteiger partial charge in [0.25, 0.3) is 0 Å². The van der Waals surface area contributed by atoms with Gasteiger partial charge in [-0.15, -0.1) is 0 Å². The number of aliphatic carboxylic acids is 1. The van der Waals surface area contributed by atoms with Gasteiger partial charge in [0.05, 0.1) is 0 Å². The molecule has 0 fully saturated rings. The van der Waals surface area contributed by atoms with Crippen LogP contribution in [0.2, 0.25) is 0 Å². The van der Waals surface area contributed by atoms with Crippen molar-refractivity contribution >= 4 is 29.3 Å². The lowest BCUT2D eigenvalue weighted by molar-refractivity contribution is -0.138. The number of carbonyl (C=O) groups is 1.